The van der Waals surface area contributed by atoms with Crippen LogP contribution in [0.2, 0.25) is 5.15 Å². The average Bonchev–Trinajstić information content (AvgIpc) is 3.57. The zero-order chi connectivity index (χ0) is 27.1. The van der Waals surface area contributed by atoms with Crippen LogP contribution >= 0.6 is 11.6 Å². The molecular formula is C25H27ClN8O4. The van der Waals surface area contributed by atoms with E-state index >= 15 is 0 Å². The Kier molecular flexibility index (Phi) is 6.76. The van der Waals surface area contributed by atoms with Crippen LogP contribution in [0.25, 0.3) is 10.9 Å². The van der Waals surface area contributed by atoms with Crippen molar-refractivity contribution in [2.24, 2.45) is 17.4 Å². The molecule has 4 atom stereocenters. The lowest BCUT2D eigenvalue weighted by molar-refractivity contribution is -0.141. The number of hydrogen-bond acceptors (Lipinski definition) is 7. The summed E-state index contributed by atoms with van der Waals surface area (Å²) < 4.78 is 1.40. The lowest BCUT2D eigenvalue weighted by Gasteiger charge is -2.34. The van der Waals surface area contributed by atoms with Crippen molar-refractivity contribution < 1.29 is 19.2 Å². The van der Waals surface area contributed by atoms with Crippen LogP contribution in [0.4, 0.5) is 11.5 Å². The van der Waals surface area contributed by atoms with Crippen LogP contribution in [-0.2, 0) is 20.9 Å². The first-order valence-electron chi connectivity index (χ1n) is 12.2. The highest BCUT2D eigenvalue weighted by molar-refractivity contribution is 6.29. The van der Waals surface area contributed by atoms with E-state index in [4.69, 9.17) is 23.1 Å². The van der Waals surface area contributed by atoms with Gasteiger partial charge in [0.15, 0.2) is 5.69 Å². The molecule has 5 rings (SSSR count). The van der Waals surface area contributed by atoms with Gasteiger partial charge in [-0.3, -0.25) is 23.9 Å². The number of anilines is 2. The number of nitrogens with two attached hydrogens (primary N) is 2. The normalized spacial score (nSPS) is 20.9. The standard InChI is InChI=1S/C25H27ClN8O4/c1-12(27)24(37)29-14-6-8-17-16(10-14)21(23(28)36)32-33(17)11-20(35)34-15-7-5-13(9-15)22(34)25(38)31-19-4-2-3-18(26)30-19/h2-4,6,8,10,12-13,15,22H,5,7,9,11,27H2,1H3,(H2,28,36)(H,29,37)(H,30,31,38)/t12-,13-,15+,22-/m0/s1. The molecule has 13 heteroatoms. The number of carbonyl (C=O) groups excluding carboxylic acids is 4. The molecule has 2 aliphatic rings. The zero-order valence-corrected chi connectivity index (χ0v) is 21.3. The minimum atomic E-state index is -0.775. The van der Waals surface area contributed by atoms with Crippen molar-refractivity contribution in [1.29, 1.82) is 0 Å². The predicted octanol–water partition coefficient (Wildman–Crippen LogP) is 1.49. The first kappa shape index (κ1) is 25.6. The van der Waals surface area contributed by atoms with Gasteiger partial charge in [0.1, 0.15) is 23.6 Å². The third-order valence-corrected chi connectivity index (χ3v) is 7.27. The number of carbonyl (C=O) groups is 4. The maximum atomic E-state index is 13.6. The fraction of sp³-hybridized carbons (Fsp3) is 0.360. The second kappa shape index (κ2) is 10.0. The first-order chi connectivity index (χ1) is 18.1. The molecule has 6 N–H and O–H groups in total. The molecule has 0 spiro atoms. The van der Waals surface area contributed by atoms with E-state index in [-0.39, 0.29) is 41.2 Å². The van der Waals surface area contributed by atoms with Crippen LogP contribution in [0.5, 0.6) is 0 Å². The molecule has 1 aromatic carbocycles. The Bertz CT molecular complexity index is 1450. The molecule has 1 saturated carbocycles. The molecule has 0 radical (unpaired) electrons. The van der Waals surface area contributed by atoms with Gasteiger partial charge in [0.25, 0.3) is 5.91 Å². The summed E-state index contributed by atoms with van der Waals surface area (Å²) in [7, 11) is 0. The number of piperidine rings is 1. The van der Waals surface area contributed by atoms with Gasteiger partial charge in [0, 0.05) is 17.1 Å². The molecule has 1 aliphatic carbocycles. The molecule has 3 aromatic rings. The Morgan fingerprint density at radius 1 is 1.16 bits per heavy atom. The minimum absolute atomic E-state index is 0.0334. The van der Waals surface area contributed by atoms with Gasteiger partial charge in [-0.15, -0.1) is 0 Å². The van der Waals surface area contributed by atoms with Gasteiger partial charge in [0.2, 0.25) is 17.7 Å². The average molecular weight is 539 g/mol. The van der Waals surface area contributed by atoms with Crippen LogP contribution in [0.15, 0.2) is 36.4 Å². The molecule has 2 fully saturated rings. The number of primary amides is 1. The van der Waals surface area contributed by atoms with Crippen molar-refractivity contribution in [1.82, 2.24) is 19.7 Å². The number of likely N-dealkylation sites (tertiary alicyclic amines) is 1. The number of pyridine rings is 1. The fourth-order valence-corrected chi connectivity index (χ4v) is 5.55. The molecule has 3 heterocycles. The Labute approximate surface area is 222 Å². The molecule has 2 bridgehead atoms. The molecule has 1 saturated heterocycles. The van der Waals surface area contributed by atoms with Crippen molar-refractivity contribution in [3.63, 3.8) is 0 Å². The van der Waals surface area contributed by atoms with E-state index in [1.165, 1.54) is 4.68 Å². The Morgan fingerprint density at radius 3 is 2.66 bits per heavy atom. The van der Waals surface area contributed by atoms with Crippen LogP contribution in [-0.4, -0.2) is 61.4 Å². The van der Waals surface area contributed by atoms with E-state index < -0.39 is 23.9 Å². The molecule has 0 unspecified atom stereocenters. The Balaban J connectivity index is 1.40. The van der Waals surface area contributed by atoms with Crippen molar-refractivity contribution in [3.05, 3.63) is 47.2 Å². The highest BCUT2D eigenvalue weighted by atomic mass is 35.5. The van der Waals surface area contributed by atoms with Gasteiger partial charge in [0.05, 0.1) is 11.6 Å². The van der Waals surface area contributed by atoms with Crippen molar-refractivity contribution in [2.75, 3.05) is 10.6 Å². The molecular weight excluding hydrogens is 512 g/mol. The summed E-state index contributed by atoms with van der Waals surface area (Å²) in [4.78, 5) is 56.7. The quantitative estimate of drug-likeness (QED) is 0.329. The zero-order valence-electron chi connectivity index (χ0n) is 20.6. The Hall–Kier alpha value is -4.03. The second-order valence-electron chi connectivity index (χ2n) is 9.69. The lowest BCUT2D eigenvalue weighted by Crippen LogP contribution is -2.52. The molecule has 1 aliphatic heterocycles. The summed E-state index contributed by atoms with van der Waals surface area (Å²) in [6, 6.07) is 8.32. The van der Waals surface area contributed by atoms with E-state index in [1.807, 2.05) is 0 Å². The summed E-state index contributed by atoms with van der Waals surface area (Å²) in [5.41, 5.74) is 12.0. The van der Waals surface area contributed by atoms with Gasteiger partial charge >= 0.3 is 0 Å². The number of rotatable bonds is 7. The smallest absolute Gasteiger partial charge is 0.269 e. The maximum Gasteiger partial charge on any atom is 0.269 e. The lowest BCUT2D eigenvalue weighted by atomic mass is 9.97. The largest absolute Gasteiger partial charge is 0.364 e. The van der Waals surface area contributed by atoms with Crippen molar-refractivity contribution in [3.8, 4) is 0 Å². The summed E-state index contributed by atoms with van der Waals surface area (Å²) in [6.45, 7) is 1.36. The predicted molar refractivity (Wildman–Crippen MR) is 140 cm³/mol. The summed E-state index contributed by atoms with van der Waals surface area (Å²) in [5, 5.41) is 10.4. The molecule has 4 amide bonds. The number of fused-ring (bicyclic) bond motifs is 3. The SMILES string of the molecule is C[C@H](N)C(=O)Nc1ccc2c(c1)c(C(N)=O)nn2CC(=O)N1[C@@H]2CC[C@@H](C2)[C@H]1C(=O)Nc1cccc(Cl)n1. The molecule has 2 aromatic heterocycles. The van der Waals surface area contributed by atoms with E-state index in [0.717, 1.165) is 19.3 Å². The van der Waals surface area contributed by atoms with Crippen LogP contribution in [0.1, 0.15) is 36.7 Å². The molecule has 12 nitrogen and oxygen atoms in total. The van der Waals surface area contributed by atoms with E-state index in [0.29, 0.717) is 22.4 Å². The van der Waals surface area contributed by atoms with Gasteiger partial charge < -0.3 is 27.0 Å². The highest BCUT2D eigenvalue weighted by Crippen LogP contribution is 2.43. The number of amides is 4. The highest BCUT2D eigenvalue weighted by Gasteiger charge is 2.51. The van der Waals surface area contributed by atoms with Crippen LogP contribution in [0.3, 0.4) is 0 Å². The van der Waals surface area contributed by atoms with Crippen molar-refractivity contribution in [2.45, 2.75) is 50.9 Å². The van der Waals surface area contributed by atoms with Gasteiger partial charge in [-0.2, -0.15) is 5.10 Å². The summed E-state index contributed by atoms with van der Waals surface area (Å²) in [5.74, 6) is -1.44. The third-order valence-electron chi connectivity index (χ3n) is 7.06. The van der Waals surface area contributed by atoms with E-state index in [9.17, 15) is 19.2 Å². The first-order valence-corrected chi connectivity index (χ1v) is 12.6. The number of hydrogen-bond donors (Lipinski definition) is 4. The van der Waals surface area contributed by atoms with E-state index in [1.54, 1.807) is 48.2 Å². The van der Waals surface area contributed by atoms with Crippen LogP contribution in [0, 0.1) is 5.92 Å². The third kappa shape index (κ3) is 4.79. The monoisotopic (exact) mass is 538 g/mol. The van der Waals surface area contributed by atoms with Gasteiger partial charge in [-0.05, 0) is 62.4 Å². The number of nitrogens with zero attached hydrogens (tertiary/aromatic N) is 4. The topological polar surface area (TPSA) is 178 Å². The second-order valence-corrected chi connectivity index (χ2v) is 10.1. The number of aromatic nitrogens is 3. The molecule has 198 valence electrons. The van der Waals surface area contributed by atoms with Gasteiger partial charge in [-0.25, -0.2) is 4.98 Å². The van der Waals surface area contributed by atoms with Crippen LogP contribution < -0.4 is 22.1 Å². The van der Waals surface area contributed by atoms with Crippen molar-refractivity contribution >= 4 is 57.6 Å². The summed E-state index contributed by atoms with van der Waals surface area (Å²) >= 11 is 5.94. The Morgan fingerprint density at radius 2 is 1.95 bits per heavy atom. The number of nitrogens with one attached hydrogen (secondary N) is 2. The minimum Gasteiger partial charge on any atom is -0.364 e. The summed E-state index contributed by atoms with van der Waals surface area (Å²) in [6.07, 6.45) is 2.40. The van der Waals surface area contributed by atoms with Gasteiger partial charge in [-0.1, -0.05) is 17.7 Å². The fourth-order valence-electron chi connectivity index (χ4n) is 5.39. The molecule has 38 heavy (non-hydrogen) atoms. The number of benzene rings is 1. The van der Waals surface area contributed by atoms with E-state index in [2.05, 4.69) is 20.7 Å². The maximum absolute atomic E-state index is 13.6. The number of halogens is 1.